The number of aryl methyl sites for hydroxylation is 1. The first-order valence-corrected chi connectivity index (χ1v) is 11.5. The van der Waals surface area contributed by atoms with Crippen molar-refractivity contribution in [3.63, 3.8) is 0 Å². The van der Waals surface area contributed by atoms with Gasteiger partial charge in [0.15, 0.2) is 6.10 Å². The number of rotatable bonds is 2. The molecule has 6 rings (SSSR count). The van der Waals surface area contributed by atoms with E-state index in [2.05, 4.69) is 10.3 Å². The summed E-state index contributed by atoms with van der Waals surface area (Å²) in [4.78, 5) is 41.8. The monoisotopic (exact) mass is 481 g/mol. The summed E-state index contributed by atoms with van der Waals surface area (Å²) in [6.07, 6.45) is -0.558. The van der Waals surface area contributed by atoms with Gasteiger partial charge in [-0.15, -0.1) is 0 Å². The topological polar surface area (TPSA) is 131 Å². The Morgan fingerprint density at radius 1 is 1.26 bits per heavy atom. The third-order valence-electron chi connectivity index (χ3n) is 6.68. The maximum atomic E-state index is 14.4. The zero-order chi connectivity index (χ0) is 25.0. The number of nitrogens with zero attached hydrogens (tertiary/aromatic N) is 2. The Bertz CT molecular complexity index is 1460. The Morgan fingerprint density at radius 2 is 2.03 bits per heavy atom. The molecular formula is C25H24FN3O6. The van der Waals surface area contributed by atoms with E-state index in [0.717, 1.165) is 16.5 Å². The highest BCUT2D eigenvalue weighted by atomic mass is 19.1. The van der Waals surface area contributed by atoms with Crippen LogP contribution >= 0.6 is 0 Å². The zero-order valence-electron chi connectivity index (χ0n) is 19.2. The van der Waals surface area contributed by atoms with Crippen molar-refractivity contribution in [1.29, 1.82) is 0 Å². The van der Waals surface area contributed by atoms with Gasteiger partial charge in [-0.1, -0.05) is 13.8 Å². The predicted molar refractivity (Wildman–Crippen MR) is 123 cm³/mol. The minimum absolute atomic E-state index is 0.168. The molecular weight excluding hydrogens is 457 g/mol. The summed E-state index contributed by atoms with van der Waals surface area (Å²) in [5, 5.41) is 23.1. The first-order chi connectivity index (χ1) is 16.9. The SMILES string of the molecule is CC.O=C(CO)NC1CCc2cc(F)cc3nc4c(c1c23)Cn1c-4cc2c(c1=O)COC(=O)C2O. The van der Waals surface area contributed by atoms with Gasteiger partial charge in [0.2, 0.25) is 5.91 Å². The van der Waals surface area contributed by atoms with Crippen LogP contribution < -0.4 is 10.9 Å². The largest absolute Gasteiger partial charge is 0.458 e. The molecule has 0 saturated heterocycles. The molecule has 2 aromatic heterocycles. The Hall–Kier alpha value is -3.63. The highest BCUT2D eigenvalue weighted by Gasteiger charge is 2.37. The van der Waals surface area contributed by atoms with Gasteiger partial charge in [0.25, 0.3) is 5.56 Å². The minimum atomic E-state index is -1.57. The van der Waals surface area contributed by atoms with Crippen molar-refractivity contribution in [2.75, 3.05) is 6.61 Å². The standard InChI is InChI=1S/C23H18FN3O6.C2H6/c24-10-3-9-1-2-14(25-17(29)7-28)19-12-6-27-16(20(12)26-15(4-10)18(9)19)5-11-13(22(27)31)8-33-23(32)21(11)30;1-2/h3-5,14,21,28,30H,1-2,6-8H2,(H,25,29);1-2H3. The summed E-state index contributed by atoms with van der Waals surface area (Å²) in [5.74, 6) is -1.80. The molecule has 2 unspecified atom stereocenters. The maximum absolute atomic E-state index is 14.4. The van der Waals surface area contributed by atoms with Crippen LogP contribution in [0.15, 0.2) is 23.0 Å². The van der Waals surface area contributed by atoms with E-state index in [0.29, 0.717) is 35.3 Å². The lowest BCUT2D eigenvalue weighted by Crippen LogP contribution is -2.33. The molecule has 0 radical (unpaired) electrons. The number of fused-ring (bicyclic) bond motifs is 5. The number of cyclic esters (lactones) is 1. The minimum Gasteiger partial charge on any atom is -0.458 e. The molecule has 4 heterocycles. The average Bonchev–Trinajstić information content (AvgIpc) is 3.22. The molecule has 0 bridgehead atoms. The van der Waals surface area contributed by atoms with Gasteiger partial charge in [0.1, 0.15) is 19.0 Å². The summed E-state index contributed by atoms with van der Waals surface area (Å²) in [6.45, 7) is 3.27. The highest BCUT2D eigenvalue weighted by molar-refractivity contribution is 5.93. The number of aromatic nitrogens is 2. The van der Waals surface area contributed by atoms with Crippen LogP contribution in [0.1, 0.15) is 60.2 Å². The number of carbonyl (C=O) groups is 2. The van der Waals surface area contributed by atoms with Crippen molar-refractivity contribution in [3.8, 4) is 11.4 Å². The molecule has 1 amide bonds. The van der Waals surface area contributed by atoms with Crippen LogP contribution in [0.4, 0.5) is 4.39 Å². The van der Waals surface area contributed by atoms with E-state index in [9.17, 15) is 29.0 Å². The number of hydrogen-bond donors (Lipinski definition) is 3. The van der Waals surface area contributed by atoms with Crippen molar-refractivity contribution >= 4 is 22.8 Å². The van der Waals surface area contributed by atoms with Crippen molar-refractivity contribution < 1.29 is 28.9 Å². The van der Waals surface area contributed by atoms with Gasteiger partial charge in [0.05, 0.1) is 35.1 Å². The van der Waals surface area contributed by atoms with Gasteiger partial charge < -0.3 is 24.8 Å². The molecule has 10 heteroatoms. The summed E-state index contributed by atoms with van der Waals surface area (Å²) in [5.41, 5.74) is 3.43. The molecule has 3 aliphatic rings. The fourth-order valence-electron chi connectivity index (χ4n) is 5.25. The summed E-state index contributed by atoms with van der Waals surface area (Å²) in [7, 11) is 0. The van der Waals surface area contributed by atoms with E-state index in [1.807, 2.05) is 13.8 Å². The van der Waals surface area contributed by atoms with E-state index in [-0.39, 0.29) is 24.3 Å². The predicted octanol–water partition coefficient (Wildman–Crippen LogP) is 1.78. The number of amides is 1. The lowest BCUT2D eigenvalue weighted by Gasteiger charge is -2.28. The fraction of sp³-hybridized carbons (Fsp3) is 0.360. The molecule has 0 fully saturated rings. The molecule has 3 aromatic rings. The normalized spacial score (nSPS) is 19.2. The Morgan fingerprint density at radius 3 is 2.77 bits per heavy atom. The molecule has 35 heavy (non-hydrogen) atoms. The van der Waals surface area contributed by atoms with Crippen LogP contribution in [-0.2, 0) is 33.9 Å². The number of esters is 1. The molecule has 2 aliphatic heterocycles. The van der Waals surface area contributed by atoms with Gasteiger partial charge in [0, 0.05) is 22.6 Å². The van der Waals surface area contributed by atoms with Crippen LogP contribution in [0.3, 0.4) is 0 Å². The van der Waals surface area contributed by atoms with Crippen molar-refractivity contribution in [2.24, 2.45) is 0 Å². The summed E-state index contributed by atoms with van der Waals surface area (Å²) >= 11 is 0. The number of benzene rings is 1. The molecule has 3 N–H and O–H groups in total. The van der Waals surface area contributed by atoms with Crippen LogP contribution in [0, 0.1) is 5.82 Å². The molecule has 0 spiro atoms. The van der Waals surface area contributed by atoms with Gasteiger partial charge in [-0.3, -0.25) is 9.59 Å². The number of ether oxygens (including phenoxy) is 1. The van der Waals surface area contributed by atoms with E-state index in [1.165, 1.54) is 16.7 Å². The second kappa shape index (κ2) is 8.54. The van der Waals surface area contributed by atoms with Crippen LogP contribution in [-0.4, -0.2) is 38.2 Å². The van der Waals surface area contributed by atoms with E-state index in [1.54, 1.807) is 6.07 Å². The number of hydrogen-bond acceptors (Lipinski definition) is 7. The number of carbonyl (C=O) groups excluding carboxylic acids is 2. The smallest absolute Gasteiger partial charge is 0.340 e. The Balaban J connectivity index is 0.00000124. The fourth-order valence-corrected chi connectivity index (χ4v) is 5.25. The van der Waals surface area contributed by atoms with Gasteiger partial charge in [-0.2, -0.15) is 0 Å². The molecule has 1 aliphatic carbocycles. The molecule has 182 valence electrons. The summed E-state index contributed by atoms with van der Waals surface area (Å²) in [6, 6.07) is 3.88. The highest BCUT2D eigenvalue weighted by Crippen LogP contribution is 2.44. The second-order valence-corrected chi connectivity index (χ2v) is 8.49. The zero-order valence-corrected chi connectivity index (χ0v) is 19.2. The third-order valence-corrected chi connectivity index (χ3v) is 6.68. The Kier molecular flexibility index (Phi) is 5.65. The van der Waals surface area contributed by atoms with E-state index >= 15 is 0 Å². The summed E-state index contributed by atoms with van der Waals surface area (Å²) < 4.78 is 20.8. The molecule has 9 nitrogen and oxygen atoms in total. The van der Waals surface area contributed by atoms with E-state index in [4.69, 9.17) is 4.74 Å². The van der Waals surface area contributed by atoms with Crippen LogP contribution in [0.2, 0.25) is 0 Å². The lowest BCUT2D eigenvalue weighted by molar-refractivity contribution is -0.157. The van der Waals surface area contributed by atoms with Crippen LogP contribution in [0.25, 0.3) is 22.3 Å². The molecule has 1 aromatic carbocycles. The average molecular weight is 481 g/mol. The second-order valence-electron chi connectivity index (χ2n) is 8.49. The number of pyridine rings is 2. The number of nitrogens with one attached hydrogen (secondary N) is 1. The van der Waals surface area contributed by atoms with Gasteiger partial charge >= 0.3 is 5.97 Å². The number of aliphatic hydroxyl groups is 2. The number of halogens is 1. The number of aliphatic hydroxyl groups excluding tert-OH is 2. The van der Waals surface area contributed by atoms with Crippen molar-refractivity contribution in [2.45, 2.75) is 52.0 Å². The quantitative estimate of drug-likeness (QED) is 0.372. The molecule has 2 atom stereocenters. The Labute approximate surface area is 199 Å². The van der Waals surface area contributed by atoms with Gasteiger partial charge in [-0.25, -0.2) is 14.2 Å². The first kappa shape index (κ1) is 23.1. The van der Waals surface area contributed by atoms with Crippen LogP contribution in [0.5, 0.6) is 0 Å². The lowest BCUT2D eigenvalue weighted by atomic mass is 9.83. The third kappa shape index (κ3) is 3.43. The van der Waals surface area contributed by atoms with Gasteiger partial charge in [-0.05, 0) is 36.1 Å². The maximum Gasteiger partial charge on any atom is 0.340 e. The van der Waals surface area contributed by atoms with E-state index < -0.39 is 42.0 Å². The van der Waals surface area contributed by atoms with Crippen molar-refractivity contribution in [1.82, 2.24) is 14.9 Å². The molecule has 0 saturated carbocycles. The van der Waals surface area contributed by atoms with Crippen molar-refractivity contribution in [3.05, 3.63) is 62.2 Å². The first-order valence-electron chi connectivity index (χ1n) is 11.5.